The number of hydrogen-bond donors (Lipinski definition) is 1. The first-order chi connectivity index (χ1) is 8.26. The van der Waals surface area contributed by atoms with Crippen molar-refractivity contribution in [1.29, 1.82) is 0 Å². The van der Waals surface area contributed by atoms with Gasteiger partial charge in [-0.3, -0.25) is 4.68 Å². The van der Waals surface area contributed by atoms with Crippen LogP contribution in [0.5, 0.6) is 5.75 Å². The van der Waals surface area contributed by atoms with Crippen molar-refractivity contribution in [3.05, 3.63) is 11.9 Å². The molecule has 1 unspecified atom stereocenters. The molecular weight excluding hydrogens is 214 g/mol. The van der Waals surface area contributed by atoms with E-state index in [1.165, 1.54) is 18.5 Å². The second-order valence-electron chi connectivity index (χ2n) is 4.29. The van der Waals surface area contributed by atoms with Gasteiger partial charge in [-0.15, -0.1) is 0 Å². The van der Waals surface area contributed by atoms with Gasteiger partial charge in [0.15, 0.2) is 5.75 Å². The fourth-order valence-corrected chi connectivity index (χ4v) is 2.18. The molecule has 4 nitrogen and oxygen atoms in total. The van der Waals surface area contributed by atoms with Gasteiger partial charge in [-0.05, 0) is 33.2 Å². The monoisotopic (exact) mass is 239 g/mol. The average molecular weight is 239 g/mol. The molecule has 1 rings (SSSR count). The maximum Gasteiger partial charge on any atom is 0.159 e. The molecule has 1 aromatic rings. The molecule has 1 aromatic heterocycles. The first-order valence-corrected chi connectivity index (χ1v) is 6.52. The number of hydrogen-bond acceptors (Lipinski definition) is 3. The third-order valence-corrected chi connectivity index (χ3v) is 3.20. The molecule has 0 saturated heterocycles. The third kappa shape index (κ3) is 3.73. The summed E-state index contributed by atoms with van der Waals surface area (Å²) in [4.78, 5) is 0. The number of rotatable bonds is 8. The van der Waals surface area contributed by atoms with Crippen molar-refractivity contribution in [3.63, 3.8) is 0 Å². The molecule has 4 heteroatoms. The van der Waals surface area contributed by atoms with Crippen molar-refractivity contribution < 1.29 is 4.74 Å². The van der Waals surface area contributed by atoms with E-state index >= 15 is 0 Å². The van der Waals surface area contributed by atoms with Crippen molar-refractivity contribution in [1.82, 2.24) is 15.1 Å². The zero-order valence-electron chi connectivity index (χ0n) is 11.5. The molecule has 1 atom stereocenters. The van der Waals surface area contributed by atoms with E-state index in [1.807, 2.05) is 17.9 Å². The quantitative estimate of drug-likeness (QED) is 0.756. The van der Waals surface area contributed by atoms with Crippen LogP contribution in [0, 0.1) is 0 Å². The minimum absolute atomic E-state index is 0.588. The smallest absolute Gasteiger partial charge is 0.159 e. The molecule has 0 aliphatic rings. The molecule has 0 fully saturated rings. The molecule has 0 saturated carbocycles. The molecule has 1 N–H and O–H groups in total. The summed E-state index contributed by atoms with van der Waals surface area (Å²) in [6.07, 6.45) is 6.40. The van der Waals surface area contributed by atoms with Gasteiger partial charge in [0.05, 0.1) is 19.0 Å². The van der Waals surface area contributed by atoms with E-state index in [1.54, 1.807) is 7.11 Å². The molecule has 98 valence electrons. The topological polar surface area (TPSA) is 39.1 Å². The predicted molar refractivity (Wildman–Crippen MR) is 70.5 cm³/mol. The maximum atomic E-state index is 5.35. The lowest BCUT2D eigenvalue weighted by molar-refractivity contribution is 0.402. The number of methoxy groups -OCH3 is 1. The first-order valence-electron chi connectivity index (χ1n) is 6.52. The lowest BCUT2D eigenvalue weighted by Gasteiger charge is -2.15. The van der Waals surface area contributed by atoms with E-state index in [9.17, 15) is 0 Å². The number of nitrogens with one attached hydrogen (secondary N) is 1. The van der Waals surface area contributed by atoms with Crippen LogP contribution in [0.3, 0.4) is 0 Å². The van der Waals surface area contributed by atoms with E-state index in [-0.39, 0.29) is 0 Å². The molecule has 0 bridgehead atoms. The van der Waals surface area contributed by atoms with Gasteiger partial charge < -0.3 is 10.1 Å². The van der Waals surface area contributed by atoms with Crippen molar-refractivity contribution >= 4 is 0 Å². The standard InChI is InChI=1S/C13H25N3O/c1-5-7-11(14-3)8-9-12-13(17-4)10-15-16(12)6-2/h10-11,14H,5-9H2,1-4H3. The molecule has 0 spiro atoms. The van der Waals surface area contributed by atoms with E-state index in [0.717, 1.165) is 25.1 Å². The molecular formula is C13H25N3O. The minimum atomic E-state index is 0.588. The van der Waals surface area contributed by atoms with Crippen LogP contribution in [-0.2, 0) is 13.0 Å². The van der Waals surface area contributed by atoms with Gasteiger partial charge >= 0.3 is 0 Å². The van der Waals surface area contributed by atoms with Crippen LogP contribution in [0.1, 0.15) is 38.8 Å². The Morgan fingerprint density at radius 2 is 2.18 bits per heavy atom. The van der Waals surface area contributed by atoms with E-state index in [2.05, 4.69) is 24.3 Å². The fraction of sp³-hybridized carbons (Fsp3) is 0.769. The van der Waals surface area contributed by atoms with Crippen LogP contribution < -0.4 is 10.1 Å². The SMILES string of the molecule is CCCC(CCc1c(OC)cnn1CC)NC. The summed E-state index contributed by atoms with van der Waals surface area (Å²) in [6.45, 7) is 5.23. The zero-order chi connectivity index (χ0) is 12.7. The second kappa shape index (κ2) is 7.33. The molecule has 0 aliphatic carbocycles. The largest absolute Gasteiger partial charge is 0.493 e. The van der Waals surface area contributed by atoms with E-state index in [0.29, 0.717) is 6.04 Å². The van der Waals surface area contributed by atoms with Crippen LogP contribution in [-0.4, -0.2) is 30.0 Å². The number of nitrogens with zero attached hydrogens (tertiary/aromatic N) is 2. The fourth-order valence-electron chi connectivity index (χ4n) is 2.18. The highest BCUT2D eigenvalue weighted by Gasteiger charge is 2.12. The van der Waals surface area contributed by atoms with Gasteiger partial charge in [-0.2, -0.15) is 5.10 Å². The van der Waals surface area contributed by atoms with Gasteiger partial charge in [0.25, 0.3) is 0 Å². The van der Waals surface area contributed by atoms with Gasteiger partial charge in [-0.25, -0.2) is 0 Å². The summed E-state index contributed by atoms with van der Waals surface area (Å²) >= 11 is 0. The number of aromatic nitrogens is 2. The Morgan fingerprint density at radius 3 is 2.71 bits per heavy atom. The van der Waals surface area contributed by atoms with Crippen molar-refractivity contribution in [2.45, 2.75) is 52.1 Å². The molecule has 0 amide bonds. The Kier molecular flexibility index (Phi) is 6.05. The Bertz CT molecular complexity index is 301. The van der Waals surface area contributed by atoms with Gasteiger partial charge in [0, 0.05) is 12.6 Å². The van der Waals surface area contributed by atoms with Gasteiger partial charge in [-0.1, -0.05) is 13.3 Å². The molecule has 17 heavy (non-hydrogen) atoms. The van der Waals surface area contributed by atoms with Crippen molar-refractivity contribution in [3.8, 4) is 5.75 Å². The highest BCUT2D eigenvalue weighted by Crippen LogP contribution is 2.20. The predicted octanol–water partition coefficient (Wildman–Crippen LogP) is 2.23. The molecule has 1 heterocycles. The first kappa shape index (κ1) is 14.0. The summed E-state index contributed by atoms with van der Waals surface area (Å²) in [7, 11) is 3.75. The molecule has 0 aliphatic heterocycles. The Morgan fingerprint density at radius 1 is 1.41 bits per heavy atom. The van der Waals surface area contributed by atoms with E-state index in [4.69, 9.17) is 4.74 Å². The van der Waals surface area contributed by atoms with Crippen LogP contribution in [0.15, 0.2) is 6.20 Å². The highest BCUT2D eigenvalue weighted by atomic mass is 16.5. The molecule has 0 radical (unpaired) electrons. The highest BCUT2D eigenvalue weighted by molar-refractivity contribution is 5.25. The summed E-state index contributed by atoms with van der Waals surface area (Å²) in [5.41, 5.74) is 1.21. The summed E-state index contributed by atoms with van der Waals surface area (Å²) < 4.78 is 7.38. The number of ether oxygens (including phenoxy) is 1. The second-order valence-corrected chi connectivity index (χ2v) is 4.29. The van der Waals surface area contributed by atoms with Crippen molar-refractivity contribution in [2.75, 3.05) is 14.2 Å². The lowest BCUT2D eigenvalue weighted by Crippen LogP contribution is -2.25. The normalized spacial score (nSPS) is 12.7. The third-order valence-electron chi connectivity index (χ3n) is 3.20. The van der Waals surface area contributed by atoms with Crippen LogP contribution in [0.25, 0.3) is 0 Å². The Balaban J connectivity index is 2.63. The summed E-state index contributed by atoms with van der Waals surface area (Å²) in [6, 6.07) is 0.588. The maximum absolute atomic E-state index is 5.35. The zero-order valence-corrected chi connectivity index (χ0v) is 11.5. The Hall–Kier alpha value is -1.03. The van der Waals surface area contributed by atoms with Crippen LogP contribution in [0.2, 0.25) is 0 Å². The Labute approximate surface area is 104 Å². The van der Waals surface area contributed by atoms with Gasteiger partial charge in [0.1, 0.15) is 0 Å². The molecule has 0 aromatic carbocycles. The minimum Gasteiger partial charge on any atom is -0.493 e. The van der Waals surface area contributed by atoms with E-state index < -0.39 is 0 Å². The van der Waals surface area contributed by atoms with Crippen LogP contribution in [0.4, 0.5) is 0 Å². The summed E-state index contributed by atoms with van der Waals surface area (Å²) in [5, 5.41) is 7.70. The van der Waals surface area contributed by atoms with Gasteiger partial charge in [0.2, 0.25) is 0 Å². The van der Waals surface area contributed by atoms with Crippen molar-refractivity contribution in [2.24, 2.45) is 0 Å². The summed E-state index contributed by atoms with van der Waals surface area (Å²) in [5.74, 6) is 0.915. The average Bonchev–Trinajstić information content (AvgIpc) is 2.76. The lowest BCUT2D eigenvalue weighted by atomic mass is 10.0. The number of aryl methyl sites for hydroxylation is 1. The van der Waals surface area contributed by atoms with Crippen LogP contribution >= 0.6 is 0 Å².